The Balaban J connectivity index is 1.97. The van der Waals surface area contributed by atoms with Gasteiger partial charge in [-0.15, -0.1) is 0 Å². The normalized spacial score (nSPS) is 11.9. The Hall–Kier alpha value is -2.27. The van der Waals surface area contributed by atoms with Crippen molar-refractivity contribution in [1.29, 1.82) is 0 Å². The van der Waals surface area contributed by atoms with Crippen molar-refractivity contribution in [3.63, 3.8) is 0 Å². The van der Waals surface area contributed by atoms with Crippen LogP contribution in [0.5, 0.6) is 0 Å². The topological polar surface area (TPSA) is 133 Å². The van der Waals surface area contributed by atoms with Crippen LogP contribution in [0, 0.1) is 6.92 Å². The Kier molecular flexibility index (Phi) is 5.58. The smallest absolute Gasteiger partial charge is 0.297 e. The van der Waals surface area contributed by atoms with E-state index in [4.69, 9.17) is 9.32 Å². The molecule has 0 atom stereocenters. The zero-order chi connectivity index (χ0) is 18.7. The second-order valence-corrected chi connectivity index (χ2v) is 8.32. The molecule has 10 heteroatoms. The van der Waals surface area contributed by atoms with Crippen molar-refractivity contribution in [2.24, 2.45) is 5.14 Å². The van der Waals surface area contributed by atoms with Crippen LogP contribution < -0.4 is 10.5 Å². The minimum atomic E-state index is -4.05. The average molecular weight is 384 g/mol. The summed E-state index contributed by atoms with van der Waals surface area (Å²) in [5.41, 5.74) is 1.16. The zero-order valence-corrected chi connectivity index (χ0v) is 14.8. The summed E-state index contributed by atoms with van der Waals surface area (Å²) in [6.45, 7) is 1.10. The number of aryl methyl sites for hydroxylation is 1. The van der Waals surface area contributed by atoms with E-state index >= 15 is 0 Å². The number of primary sulfonamides is 1. The molecule has 2 rings (SSSR count). The van der Waals surface area contributed by atoms with Crippen molar-refractivity contribution >= 4 is 31.7 Å². The Morgan fingerprint density at radius 1 is 0.960 bits per heavy atom. The van der Waals surface area contributed by atoms with E-state index in [2.05, 4.69) is 5.32 Å². The lowest BCUT2D eigenvalue weighted by atomic mass is 10.2. The Labute approximate surface area is 145 Å². The number of hydrogen-bond donors (Lipinski definition) is 2. The minimum Gasteiger partial charge on any atom is -0.324 e. The number of rotatable bonds is 6. The lowest BCUT2D eigenvalue weighted by molar-refractivity contribution is -0.118. The highest BCUT2D eigenvalue weighted by atomic mass is 32.2. The van der Waals surface area contributed by atoms with Crippen molar-refractivity contribution in [3.05, 3.63) is 54.1 Å². The number of amides is 1. The molecule has 1 amide bonds. The molecule has 0 bridgehead atoms. The molecule has 0 aliphatic rings. The van der Waals surface area contributed by atoms with E-state index in [1.54, 1.807) is 12.1 Å². The van der Waals surface area contributed by atoms with Gasteiger partial charge in [0.25, 0.3) is 16.0 Å². The fraction of sp³-hybridized carbons (Fsp3) is 0.133. The minimum absolute atomic E-state index is 0.0524. The maximum absolute atomic E-state index is 12.0. The molecule has 2 aromatic carbocycles. The van der Waals surface area contributed by atoms with Crippen LogP contribution in [0.25, 0.3) is 0 Å². The molecule has 25 heavy (non-hydrogen) atoms. The van der Waals surface area contributed by atoms with Crippen molar-refractivity contribution in [3.8, 4) is 0 Å². The number of nitrogens with one attached hydrogen (secondary N) is 1. The van der Waals surface area contributed by atoms with Crippen molar-refractivity contribution in [2.75, 3.05) is 11.9 Å². The van der Waals surface area contributed by atoms with Crippen LogP contribution in [0.3, 0.4) is 0 Å². The van der Waals surface area contributed by atoms with Crippen LogP contribution in [0.4, 0.5) is 5.69 Å². The molecule has 0 aliphatic carbocycles. The summed E-state index contributed by atoms with van der Waals surface area (Å²) >= 11 is 0. The SMILES string of the molecule is Cc1ccc(S(=O)(=O)OCC(=O)Nc2ccc(S(N)(=O)=O)cc2)cc1. The second kappa shape index (κ2) is 7.31. The average Bonchev–Trinajstić information content (AvgIpc) is 2.53. The highest BCUT2D eigenvalue weighted by molar-refractivity contribution is 7.89. The third-order valence-corrected chi connectivity index (χ3v) is 5.33. The van der Waals surface area contributed by atoms with E-state index in [1.165, 1.54) is 36.4 Å². The van der Waals surface area contributed by atoms with E-state index in [0.29, 0.717) is 0 Å². The predicted octanol–water partition coefficient (Wildman–Crippen LogP) is 0.986. The maximum atomic E-state index is 12.0. The molecule has 0 aliphatic heterocycles. The maximum Gasteiger partial charge on any atom is 0.297 e. The van der Waals surface area contributed by atoms with E-state index < -0.39 is 32.7 Å². The summed E-state index contributed by atoms with van der Waals surface area (Å²) in [5, 5.41) is 7.36. The number of anilines is 1. The molecular formula is C15H16N2O6S2. The number of carbonyl (C=O) groups is 1. The van der Waals surface area contributed by atoms with E-state index in [9.17, 15) is 21.6 Å². The van der Waals surface area contributed by atoms with Gasteiger partial charge in [0.1, 0.15) is 6.61 Å². The molecule has 0 heterocycles. The Morgan fingerprint density at radius 2 is 1.48 bits per heavy atom. The number of benzene rings is 2. The van der Waals surface area contributed by atoms with Gasteiger partial charge in [0, 0.05) is 5.69 Å². The van der Waals surface area contributed by atoms with Crippen LogP contribution in [0.2, 0.25) is 0 Å². The van der Waals surface area contributed by atoms with Gasteiger partial charge in [0.05, 0.1) is 9.79 Å². The predicted molar refractivity (Wildman–Crippen MR) is 90.8 cm³/mol. The van der Waals surface area contributed by atoms with Crippen molar-refractivity contribution < 1.29 is 25.8 Å². The monoisotopic (exact) mass is 384 g/mol. The molecular weight excluding hydrogens is 368 g/mol. The van der Waals surface area contributed by atoms with Gasteiger partial charge < -0.3 is 5.32 Å². The van der Waals surface area contributed by atoms with Gasteiger partial charge in [-0.2, -0.15) is 8.42 Å². The molecule has 8 nitrogen and oxygen atoms in total. The number of hydrogen-bond acceptors (Lipinski definition) is 6. The van der Waals surface area contributed by atoms with Gasteiger partial charge >= 0.3 is 0 Å². The van der Waals surface area contributed by atoms with Gasteiger partial charge in [-0.25, -0.2) is 13.6 Å². The number of nitrogens with two attached hydrogens (primary N) is 1. The fourth-order valence-electron chi connectivity index (χ4n) is 1.83. The molecule has 0 radical (unpaired) electrons. The first-order valence-corrected chi connectivity index (χ1v) is 9.92. The third-order valence-electron chi connectivity index (χ3n) is 3.12. The third kappa shape index (κ3) is 5.36. The Morgan fingerprint density at radius 3 is 2.00 bits per heavy atom. The number of sulfonamides is 1. The van der Waals surface area contributed by atoms with Crippen LogP contribution in [0.15, 0.2) is 58.3 Å². The molecule has 0 saturated heterocycles. The lowest BCUT2D eigenvalue weighted by Crippen LogP contribution is -2.21. The second-order valence-electron chi connectivity index (χ2n) is 5.15. The largest absolute Gasteiger partial charge is 0.324 e. The molecule has 134 valence electrons. The van der Waals surface area contributed by atoms with Crippen LogP contribution >= 0.6 is 0 Å². The quantitative estimate of drug-likeness (QED) is 0.714. The molecule has 0 aromatic heterocycles. The lowest BCUT2D eigenvalue weighted by Gasteiger charge is -2.08. The highest BCUT2D eigenvalue weighted by Crippen LogP contribution is 2.15. The first kappa shape index (κ1) is 19.1. The summed E-state index contributed by atoms with van der Waals surface area (Å²) in [4.78, 5) is 11.6. The Bertz CT molecular complexity index is 966. The molecule has 0 saturated carbocycles. The highest BCUT2D eigenvalue weighted by Gasteiger charge is 2.17. The van der Waals surface area contributed by atoms with E-state index in [1.807, 2.05) is 6.92 Å². The van der Waals surface area contributed by atoms with Crippen LogP contribution in [-0.4, -0.2) is 29.3 Å². The van der Waals surface area contributed by atoms with Gasteiger partial charge in [-0.05, 0) is 43.3 Å². The van der Waals surface area contributed by atoms with Crippen molar-refractivity contribution in [2.45, 2.75) is 16.7 Å². The van der Waals surface area contributed by atoms with Crippen molar-refractivity contribution in [1.82, 2.24) is 0 Å². The fourth-order valence-corrected chi connectivity index (χ4v) is 3.21. The van der Waals surface area contributed by atoms with E-state index in [-0.39, 0.29) is 15.5 Å². The van der Waals surface area contributed by atoms with Crippen LogP contribution in [0.1, 0.15) is 5.56 Å². The summed E-state index contributed by atoms with van der Waals surface area (Å²) in [7, 11) is -7.88. The molecule has 0 fully saturated rings. The van der Waals surface area contributed by atoms with Gasteiger partial charge in [-0.1, -0.05) is 17.7 Å². The zero-order valence-electron chi connectivity index (χ0n) is 13.2. The molecule has 0 spiro atoms. The molecule has 3 N–H and O–H groups in total. The summed E-state index contributed by atoms with van der Waals surface area (Å²) in [5.74, 6) is -0.709. The van der Waals surface area contributed by atoms with Gasteiger partial charge in [0.2, 0.25) is 10.0 Å². The van der Waals surface area contributed by atoms with Gasteiger partial charge in [0.15, 0.2) is 0 Å². The van der Waals surface area contributed by atoms with E-state index in [0.717, 1.165) is 5.56 Å². The standard InChI is InChI=1S/C15H16N2O6S2/c1-11-2-6-14(7-3-11)25(21,22)23-10-15(18)17-12-4-8-13(9-5-12)24(16,19)20/h2-9H,10H2,1H3,(H,17,18)(H2,16,19,20). The summed E-state index contributed by atoms with van der Waals surface area (Å²) in [6, 6.07) is 11.1. The summed E-state index contributed by atoms with van der Waals surface area (Å²) < 4.78 is 50.9. The summed E-state index contributed by atoms with van der Waals surface area (Å²) in [6.07, 6.45) is 0. The first-order valence-electron chi connectivity index (χ1n) is 6.97. The molecule has 2 aromatic rings. The number of carbonyl (C=O) groups excluding carboxylic acids is 1. The van der Waals surface area contributed by atoms with Gasteiger partial charge in [-0.3, -0.25) is 8.98 Å². The molecule has 0 unspecified atom stereocenters. The first-order chi connectivity index (χ1) is 11.6. The van der Waals surface area contributed by atoms with Crippen LogP contribution in [-0.2, 0) is 29.1 Å².